The molecule has 1 unspecified atom stereocenters. The normalized spacial score (nSPS) is 13.3. The lowest BCUT2D eigenvalue weighted by Crippen LogP contribution is -2.47. The second kappa shape index (κ2) is 7.85. The number of carbonyl (C=O) groups excluding carboxylic acids is 1. The number of alkyl halides is 3. The van der Waals surface area contributed by atoms with Gasteiger partial charge >= 0.3 is 6.18 Å². The molecule has 0 saturated carbocycles. The van der Waals surface area contributed by atoms with Crippen molar-refractivity contribution in [2.75, 3.05) is 12.3 Å². The number of rotatable bonds is 6. The molecule has 1 aromatic carbocycles. The molecular formula is C15H19F4NOS. The van der Waals surface area contributed by atoms with Crippen LogP contribution < -0.4 is 0 Å². The zero-order chi connectivity index (χ0) is 16.9. The van der Waals surface area contributed by atoms with Gasteiger partial charge in [0.2, 0.25) is 5.91 Å². The molecule has 1 aromatic rings. The number of nitrogens with zero attached hydrogens (tertiary/aromatic N) is 1. The van der Waals surface area contributed by atoms with Crippen LogP contribution in [0.1, 0.15) is 20.8 Å². The molecule has 0 bridgehead atoms. The Morgan fingerprint density at radius 2 is 1.82 bits per heavy atom. The van der Waals surface area contributed by atoms with Gasteiger partial charge in [-0.1, -0.05) is 26.0 Å². The molecule has 0 fully saturated rings. The van der Waals surface area contributed by atoms with Gasteiger partial charge in [0.05, 0.1) is 5.75 Å². The fraction of sp³-hybridized carbons (Fsp3) is 0.533. The Morgan fingerprint density at radius 1 is 1.23 bits per heavy atom. The van der Waals surface area contributed by atoms with Crippen molar-refractivity contribution in [2.24, 2.45) is 5.92 Å². The first-order valence-electron chi connectivity index (χ1n) is 6.85. The lowest BCUT2D eigenvalue weighted by atomic mass is 10.0. The summed E-state index contributed by atoms with van der Waals surface area (Å²) in [6.45, 7) is 3.81. The quantitative estimate of drug-likeness (QED) is 0.568. The molecule has 0 heterocycles. The minimum absolute atomic E-state index is 0.107. The van der Waals surface area contributed by atoms with E-state index in [2.05, 4.69) is 0 Å². The maximum atomic E-state index is 13.5. The zero-order valence-corrected chi connectivity index (χ0v) is 13.5. The lowest BCUT2D eigenvalue weighted by molar-refractivity contribution is -0.165. The Labute approximate surface area is 131 Å². The third kappa shape index (κ3) is 5.87. The predicted octanol–water partition coefficient (Wildman–Crippen LogP) is 4.35. The summed E-state index contributed by atoms with van der Waals surface area (Å²) in [5.41, 5.74) is 0. The monoisotopic (exact) mass is 337 g/mol. The first-order valence-corrected chi connectivity index (χ1v) is 7.84. The summed E-state index contributed by atoms with van der Waals surface area (Å²) in [4.78, 5) is 13.2. The van der Waals surface area contributed by atoms with Gasteiger partial charge in [0.25, 0.3) is 0 Å². The molecule has 0 aliphatic heterocycles. The van der Waals surface area contributed by atoms with E-state index in [0.29, 0.717) is 0 Å². The molecule has 22 heavy (non-hydrogen) atoms. The van der Waals surface area contributed by atoms with E-state index in [0.717, 1.165) is 16.7 Å². The van der Waals surface area contributed by atoms with Crippen LogP contribution in [0.5, 0.6) is 0 Å². The fourth-order valence-electron chi connectivity index (χ4n) is 1.80. The highest BCUT2D eigenvalue weighted by molar-refractivity contribution is 8.00. The van der Waals surface area contributed by atoms with Crippen LogP contribution in [0.3, 0.4) is 0 Å². The highest BCUT2D eigenvalue weighted by atomic mass is 32.2. The Morgan fingerprint density at radius 3 is 2.32 bits per heavy atom. The second-order valence-corrected chi connectivity index (χ2v) is 6.36. The van der Waals surface area contributed by atoms with Crippen LogP contribution >= 0.6 is 11.8 Å². The molecule has 0 aliphatic carbocycles. The van der Waals surface area contributed by atoms with Gasteiger partial charge in [0, 0.05) is 10.9 Å². The Bertz CT molecular complexity index is 505. The average molecular weight is 337 g/mol. The summed E-state index contributed by atoms with van der Waals surface area (Å²) in [5, 5.41) is 0. The molecule has 2 nitrogen and oxygen atoms in total. The van der Waals surface area contributed by atoms with Crippen LogP contribution in [-0.2, 0) is 4.79 Å². The summed E-state index contributed by atoms with van der Waals surface area (Å²) in [6.07, 6.45) is -4.46. The van der Waals surface area contributed by atoms with Crippen molar-refractivity contribution in [1.82, 2.24) is 4.90 Å². The molecule has 0 aromatic heterocycles. The van der Waals surface area contributed by atoms with Crippen LogP contribution in [0.2, 0.25) is 0 Å². The number of carbonyl (C=O) groups is 1. The highest BCUT2D eigenvalue weighted by Crippen LogP contribution is 2.25. The smallest absolute Gasteiger partial charge is 0.330 e. The third-order valence-electron chi connectivity index (χ3n) is 3.31. The Balaban J connectivity index is 2.77. The van der Waals surface area contributed by atoms with E-state index in [-0.39, 0.29) is 16.6 Å². The number of hydrogen-bond acceptors (Lipinski definition) is 2. The van der Waals surface area contributed by atoms with Crippen molar-refractivity contribution in [1.29, 1.82) is 0 Å². The minimum atomic E-state index is -4.46. The average Bonchev–Trinajstić information content (AvgIpc) is 2.41. The van der Waals surface area contributed by atoms with E-state index in [1.807, 2.05) is 0 Å². The summed E-state index contributed by atoms with van der Waals surface area (Å²) < 4.78 is 51.4. The maximum Gasteiger partial charge on any atom is 0.406 e. The molecule has 1 atom stereocenters. The second-order valence-electron chi connectivity index (χ2n) is 5.34. The van der Waals surface area contributed by atoms with Gasteiger partial charge in [0.1, 0.15) is 12.4 Å². The van der Waals surface area contributed by atoms with Crippen molar-refractivity contribution in [3.8, 4) is 0 Å². The van der Waals surface area contributed by atoms with Crippen LogP contribution in [0.15, 0.2) is 29.2 Å². The van der Waals surface area contributed by atoms with Crippen molar-refractivity contribution >= 4 is 17.7 Å². The molecule has 1 rings (SSSR count). The van der Waals surface area contributed by atoms with Crippen molar-refractivity contribution < 1.29 is 22.4 Å². The molecule has 0 spiro atoms. The number of hydrogen-bond donors (Lipinski definition) is 0. The topological polar surface area (TPSA) is 20.3 Å². The van der Waals surface area contributed by atoms with Gasteiger partial charge in [-0.05, 0) is 25.0 Å². The van der Waals surface area contributed by atoms with Gasteiger partial charge in [0.15, 0.2) is 0 Å². The summed E-state index contributed by atoms with van der Waals surface area (Å²) in [5.74, 6) is -1.47. The minimum Gasteiger partial charge on any atom is -0.330 e. The van der Waals surface area contributed by atoms with Crippen LogP contribution in [0, 0.1) is 11.7 Å². The standard InChI is InChI=1S/C15H19F4NOS/c1-10(2)11(3)20(9-15(17,18)19)14(21)8-22-13-7-5-4-6-12(13)16/h4-7,10-11H,8-9H2,1-3H3. The van der Waals surface area contributed by atoms with Crippen LogP contribution in [0.4, 0.5) is 17.6 Å². The number of halogens is 4. The van der Waals surface area contributed by atoms with Crippen molar-refractivity contribution in [2.45, 2.75) is 37.9 Å². The lowest BCUT2D eigenvalue weighted by Gasteiger charge is -2.32. The first-order chi connectivity index (χ1) is 10.1. The molecule has 0 saturated heterocycles. The van der Waals surface area contributed by atoms with E-state index in [4.69, 9.17) is 0 Å². The molecular weight excluding hydrogens is 318 g/mol. The SMILES string of the molecule is CC(C)C(C)N(CC(F)(F)F)C(=O)CSc1ccccc1F. The van der Waals surface area contributed by atoms with Crippen molar-refractivity contribution in [3.63, 3.8) is 0 Å². The predicted molar refractivity (Wildman–Crippen MR) is 79.2 cm³/mol. The molecule has 0 N–H and O–H groups in total. The van der Waals surface area contributed by atoms with Gasteiger partial charge in [-0.3, -0.25) is 4.79 Å². The largest absolute Gasteiger partial charge is 0.406 e. The van der Waals surface area contributed by atoms with E-state index >= 15 is 0 Å². The maximum absolute atomic E-state index is 13.5. The fourth-order valence-corrected chi connectivity index (χ4v) is 2.62. The molecule has 1 amide bonds. The molecule has 0 radical (unpaired) electrons. The van der Waals surface area contributed by atoms with E-state index in [1.54, 1.807) is 26.8 Å². The van der Waals surface area contributed by atoms with Crippen molar-refractivity contribution in [3.05, 3.63) is 30.1 Å². The number of benzene rings is 1. The molecule has 124 valence electrons. The number of thioether (sulfide) groups is 1. The van der Waals surface area contributed by atoms with Crippen LogP contribution in [-0.4, -0.2) is 35.3 Å². The van der Waals surface area contributed by atoms with Gasteiger partial charge < -0.3 is 4.90 Å². The Hall–Kier alpha value is -1.24. The summed E-state index contributed by atoms with van der Waals surface area (Å²) in [7, 11) is 0. The van der Waals surface area contributed by atoms with E-state index in [1.165, 1.54) is 18.2 Å². The zero-order valence-electron chi connectivity index (χ0n) is 12.7. The van der Waals surface area contributed by atoms with E-state index < -0.39 is 30.5 Å². The van der Waals surface area contributed by atoms with Gasteiger partial charge in [-0.25, -0.2) is 4.39 Å². The first kappa shape index (κ1) is 18.8. The molecule has 0 aliphatic rings. The summed E-state index contributed by atoms with van der Waals surface area (Å²) >= 11 is 0.905. The number of amides is 1. The van der Waals surface area contributed by atoms with E-state index in [9.17, 15) is 22.4 Å². The van der Waals surface area contributed by atoms with Gasteiger partial charge in [-0.2, -0.15) is 13.2 Å². The van der Waals surface area contributed by atoms with Crippen LogP contribution in [0.25, 0.3) is 0 Å². The summed E-state index contributed by atoms with van der Waals surface area (Å²) in [6, 6.07) is 5.32. The van der Waals surface area contributed by atoms with Gasteiger partial charge in [-0.15, -0.1) is 11.8 Å². The highest BCUT2D eigenvalue weighted by Gasteiger charge is 2.35. The molecule has 7 heteroatoms. The Kier molecular flexibility index (Phi) is 6.71. The third-order valence-corrected chi connectivity index (χ3v) is 4.35.